The molecule has 0 heterocycles. The molecule has 1 unspecified atom stereocenters. The topological polar surface area (TPSA) is 77.4 Å². The number of rotatable bonds is 13. The number of benzene rings is 4. The van der Waals surface area contributed by atoms with Gasteiger partial charge in [0.15, 0.2) is 0 Å². The van der Waals surface area contributed by atoms with E-state index in [1.54, 1.807) is 24.3 Å². The van der Waals surface area contributed by atoms with Crippen LogP contribution in [0.2, 0.25) is 0 Å². The van der Waals surface area contributed by atoms with Gasteiger partial charge >= 0.3 is 5.92 Å². The Morgan fingerprint density at radius 1 is 0.512 bits per heavy atom. The number of alkyl halides is 2. The molecule has 0 amide bonds. The highest BCUT2D eigenvalue weighted by atomic mass is 19.3. The summed E-state index contributed by atoms with van der Waals surface area (Å²) in [5, 5.41) is 22.4. The predicted molar refractivity (Wildman–Crippen MR) is 157 cm³/mol. The third-order valence-electron chi connectivity index (χ3n) is 7.62. The van der Waals surface area contributed by atoms with Crippen molar-refractivity contribution in [3.63, 3.8) is 0 Å². The van der Waals surface area contributed by atoms with Crippen molar-refractivity contribution in [2.24, 2.45) is 5.92 Å². The van der Waals surface area contributed by atoms with Gasteiger partial charge in [-0.2, -0.15) is 8.78 Å². The second kappa shape index (κ2) is 14.3. The summed E-state index contributed by atoms with van der Waals surface area (Å²) in [7, 11) is 0. The zero-order chi connectivity index (χ0) is 30.1. The molecule has 4 aromatic rings. The lowest BCUT2D eigenvalue weighted by molar-refractivity contribution is -0.410. The van der Waals surface area contributed by atoms with Crippen LogP contribution in [0.4, 0.5) is 8.78 Å². The number of halogens is 2. The lowest BCUT2D eigenvalue weighted by Crippen LogP contribution is -2.74. The maximum absolute atomic E-state index is 16.3. The first kappa shape index (κ1) is 30.9. The van der Waals surface area contributed by atoms with Gasteiger partial charge in [-0.15, -0.1) is 0 Å². The largest absolute Gasteiger partial charge is 0.376 e. The van der Waals surface area contributed by atoms with Gasteiger partial charge in [-0.1, -0.05) is 121 Å². The summed E-state index contributed by atoms with van der Waals surface area (Å²) in [6, 6.07) is 36.4. The molecule has 43 heavy (non-hydrogen) atoms. The fourth-order valence-electron chi connectivity index (χ4n) is 5.27. The molecular formula is C35H36F2O6. The molecule has 1 saturated carbocycles. The van der Waals surface area contributed by atoms with Crippen LogP contribution in [0.25, 0.3) is 0 Å². The number of hydrogen-bond donors (Lipinski definition) is 2. The third-order valence-corrected chi connectivity index (χ3v) is 7.62. The van der Waals surface area contributed by atoms with Gasteiger partial charge in [0.05, 0.1) is 45.1 Å². The van der Waals surface area contributed by atoms with Crippen LogP contribution >= 0.6 is 0 Å². The molecule has 6 nitrogen and oxygen atoms in total. The monoisotopic (exact) mass is 590 g/mol. The standard InChI is InChI=1S/C35H36F2O6/c36-34(37)30(25-40-21-26-13-5-1-6-14-26)31(41-22-27-15-7-2-8-16-27)32(42-23-28-17-9-3-10-18-28)33(35(34,38)39)43-24-29-19-11-4-12-20-29/h1-20,30-33,38-39H,21-25H2/t30?,31-,32+,33-/m1/s1. The van der Waals surface area contributed by atoms with Gasteiger partial charge in [-0.05, 0) is 22.3 Å². The van der Waals surface area contributed by atoms with Gasteiger partial charge in [-0.25, -0.2) is 0 Å². The molecule has 0 radical (unpaired) electrons. The van der Waals surface area contributed by atoms with Gasteiger partial charge < -0.3 is 29.2 Å². The zero-order valence-corrected chi connectivity index (χ0v) is 23.7. The van der Waals surface area contributed by atoms with Crippen molar-refractivity contribution in [3.05, 3.63) is 144 Å². The van der Waals surface area contributed by atoms with E-state index in [2.05, 4.69) is 0 Å². The summed E-state index contributed by atoms with van der Waals surface area (Å²) in [4.78, 5) is 0. The van der Waals surface area contributed by atoms with E-state index in [-0.39, 0.29) is 26.4 Å². The molecule has 5 rings (SSSR count). The Hall–Kier alpha value is -3.50. The zero-order valence-electron chi connectivity index (χ0n) is 23.7. The molecular weight excluding hydrogens is 554 g/mol. The number of aliphatic hydroxyl groups is 2. The fraction of sp³-hybridized carbons (Fsp3) is 0.314. The minimum absolute atomic E-state index is 0.00275. The van der Waals surface area contributed by atoms with Crippen LogP contribution in [0.1, 0.15) is 22.3 Å². The fourth-order valence-corrected chi connectivity index (χ4v) is 5.27. The second-order valence-electron chi connectivity index (χ2n) is 10.7. The maximum Gasteiger partial charge on any atom is 0.310 e. The Labute approximate surface area is 250 Å². The molecule has 0 spiro atoms. The molecule has 0 aliphatic heterocycles. The van der Waals surface area contributed by atoms with E-state index >= 15 is 8.78 Å². The highest BCUT2D eigenvalue weighted by Gasteiger charge is 2.71. The molecule has 0 aromatic heterocycles. The Morgan fingerprint density at radius 2 is 0.884 bits per heavy atom. The molecule has 1 aliphatic carbocycles. The van der Waals surface area contributed by atoms with E-state index < -0.39 is 42.5 Å². The molecule has 226 valence electrons. The highest BCUT2D eigenvalue weighted by Crippen LogP contribution is 2.48. The van der Waals surface area contributed by atoms with Crippen LogP contribution < -0.4 is 0 Å². The van der Waals surface area contributed by atoms with E-state index in [1.165, 1.54) is 0 Å². The van der Waals surface area contributed by atoms with E-state index in [0.717, 1.165) is 16.7 Å². The normalized spacial score (nSPS) is 22.7. The van der Waals surface area contributed by atoms with Crippen LogP contribution in [0.15, 0.2) is 121 Å². The summed E-state index contributed by atoms with van der Waals surface area (Å²) >= 11 is 0. The molecule has 0 saturated heterocycles. The van der Waals surface area contributed by atoms with E-state index in [4.69, 9.17) is 18.9 Å². The van der Waals surface area contributed by atoms with E-state index in [1.807, 2.05) is 97.1 Å². The summed E-state index contributed by atoms with van der Waals surface area (Å²) in [5.74, 6) is -9.44. The highest BCUT2D eigenvalue weighted by molar-refractivity contribution is 5.18. The lowest BCUT2D eigenvalue weighted by atomic mass is 9.75. The first-order chi connectivity index (χ1) is 20.9. The van der Waals surface area contributed by atoms with E-state index in [0.29, 0.717) is 5.56 Å². The smallest absolute Gasteiger partial charge is 0.310 e. The van der Waals surface area contributed by atoms with Gasteiger partial charge in [0.25, 0.3) is 5.79 Å². The number of hydrogen-bond acceptors (Lipinski definition) is 6. The van der Waals surface area contributed by atoms with Crippen molar-refractivity contribution in [2.45, 2.75) is 56.4 Å². The molecule has 0 bridgehead atoms. The minimum Gasteiger partial charge on any atom is -0.376 e. The van der Waals surface area contributed by atoms with Gasteiger partial charge in [0.2, 0.25) is 0 Å². The molecule has 1 fully saturated rings. The Morgan fingerprint density at radius 3 is 1.33 bits per heavy atom. The summed E-state index contributed by atoms with van der Waals surface area (Å²) in [6.45, 7) is -0.582. The van der Waals surface area contributed by atoms with Crippen LogP contribution in [0.3, 0.4) is 0 Å². The van der Waals surface area contributed by atoms with Crippen LogP contribution in [0, 0.1) is 5.92 Å². The van der Waals surface area contributed by atoms with Crippen molar-refractivity contribution in [1.29, 1.82) is 0 Å². The minimum atomic E-state index is -4.08. The van der Waals surface area contributed by atoms with Gasteiger partial charge in [0.1, 0.15) is 12.2 Å². The summed E-state index contributed by atoms with van der Waals surface area (Å²) in [6.07, 6.45) is -4.45. The average Bonchev–Trinajstić information content (AvgIpc) is 3.03. The summed E-state index contributed by atoms with van der Waals surface area (Å²) in [5.41, 5.74) is 3.02. The third kappa shape index (κ3) is 7.54. The lowest BCUT2D eigenvalue weighted by Gasteiger charge is -2.52. The molecule has 1 aliphatic rings. The van der Waals surface area contributed by atoms with Crippen molar-refractivity contribution in [1.82, 2.24) is 0 Å². The number of ether oxygens (including phenoxy) is 4. The molecule has 4 aromatic carbocycles. The quantitative estimate of drug-likeness (QED) is 0.189. The average molecular weight is 591 g/mol. The Bertz CT molecular complexity index is 1370. The van der Waals surface area contributed by atoms with Crippen molar-refractivity contribution in [2.75, 3.05) is 6.61 Å². The molecule has 8 heteroatoms. The molecule has 4 atom stereocenters. The second-order valence-corrected chi connectivity index (χ2v) is 10.7. The van der Waals surface area contributed by atoms with Crippen LogP contribution in [-0.4, -0.2) is 46.8 Å². The maximum atomic E-state index is 16.3. The first-order valence-electron chi connectivity index (χ1n) is 14.3. The SMILES string of the molecule is OC1(O)[C@H](OCc2ccccc2)[C@@H](OCc2ccccc2)[C@H](OCc2ccccc2)C(COCc2ccccc2)C1(F)F. The van der Waals surface area contributed by atoms with Crippen molar-refractivity contribution >= 4 is 0 Å². The van der Waals surface area contributed by atoms with Crippen molar-refractivity contribution < 1.29 is 37.9 Å². The van der Waals surface area contributed by atoms with Gasteiger partial charge in [0, 0.05) is 0 Å². The Balaban J connectivity index is 1.47. The van der Waals surface area contributed by atoms with Crippen LogP contribution in [-0.2, 0) is 45.4 Å². The predicted octanol–water partition coefficient (Wildman–Crippen LogP) is 5.91. The molecule has 2 N–H and O–H groups in total. The van der Waals surface area contributed by atoms with Crippen molar-refractivity contribution in [3.8, 4) is 0 Å². The van der Waals surface area contributed by atoms with E-state index in [9.17, 15) is 10.2 Å². The van der Waals surface area contributed by atoms with Gasteiger partial charge in [-0.3, -0.25) is 0 Å². The Kier molecular flexibility index (Phi) is 10.3. The first-order valence-corrected chi connectivity index (χ1v) is 14.3. The van der Waals surface area contributed by atoms with Crippen LogP contribution in [0.5, 0.6) is 0 Å². The summed E-state index contributed by atoms with van der Waals surface area (Å²) < 4.78 is 56.6.